The van der Waals surface area contributed by atoms with Crippen LogP contribution >= 0.6 is 11.3 Å². The van der Waals surface area contributed by atoms with Crippen molar-refractivity contribution in [3.8, 4) is 5.69 Å². The Hall–Kier alpha value is -2.73. The van der Waals surface area contributed by atoms with Crippen LogP contribution in [0.3, 0.4) is 0 Å². The summed E-state index contributed by atoms with van der Waals surface area (Å²) in [6.45, 7) is 2.38. The predicted octanol–water partition coefficient (Wildman–Crippen LogP) is 2.97. The quantitative estimate of drug-likeness (QED) is 0.734. The van der Waals surface area contributed by atoms with Gasteiger partial charge in [-0.25, -0.2) is 9.67 Å². The largest absolute Gasteiger partial charge is 0.348 e. The first-order chi connectivity index (χ1) is 11.2. The average Bonchev–Trinajstić information content (AvgIpc) is 3.23. The molecule has 3 rings (SSSR count). The number of aryl methyl sites for hydroxylation is 1. The van der Waals surface area contributed by atoms with Gasteiger partial charge >= 0.3 is 0 Å². The number of thiazole rings is 1. The second-order valence-corrected chi connectivity index (χ2v) is 5.98. The molecule has 0 radical (unpaired) electrons. The molecule has 6 heteroatoms. The van der Waals surface area contributed by atoms with Crippen molar-refractivity contribution in [3.63, 3.8) is 0 Å². The first-order valence-electron chi connectivity index (χ1n) is 7.18. The van der Waals surface area contributed by atoms with Crippen LogP contribution in [-0.4, -0.2) is 20.7 Å². The smallest absolute Gasteiger partial charge is 0.244 e. The number of hydrogen-bond donors (Lipinski definition) is 1. The molecule has 1 amide bonds. The van der Waals surface area contributed by atoms with E-state index < -0.39 is 0 Å². The van der Waals surface area contributed by atoms with Crippen molar-refractivity contribution in [2.24, 2.45) is 0 Å². The van der Waals surface area contributed by atoms with E-state index in [0.717, 1.165) is 22.0 Å². The van der Waals surface area contributed by atoms with Crippen LogP contribution in [0.4, 0.5) is 0 Å². The zero-order valence-electron chi connectivity index (χ0n) is 12.6. The Morgan fingerprint density at radius 3 is 2.96 bits per heavy atom. The Morgan fingerprint density at radius 1 is 1.35 bits per heavy atom. The third-order valence-corrected chi connectivity index (χ3v) is 4.03. The third-order valence-electron chi connectivity index (χ3n) is 3.24. The molecule has 0 aliphatic heterocycles. The molecule has 0 unspecified atom stereocenters. The summed E-state index contributed by atoms with van der Waals surface area (Å²) in [6, 6.07) is 9.72. The molecule has 0 saturated carbocycles. The molecular formula is C17H16N4OS. The van der Waals surface area contributed by atoms with E-state index >= 15 is 0 Å². The maximum atomic E-state index is 11.9. The van der Waals surface area contributed by atoms with Gasteiger partial charge in [0.15, 0.2) is 0 Å². The van der Waals surface area contributed by atoms with Crippen LogP contribution in [0.25, 0.3) is 11.8 Å². The lowest BCUT2D eigenvalue weighted by Gasteiger charge is -2.09. The van der Waals surface area contributed by atoms with Crippen LogP contribution < -0.4 is 5.32 Å². The molecule has 23 heavy (non-hydrogen) atoms. The first kappa shape index (κ1) is 15.2. The van der Waals surface area contributed by atoms with Gasteiger partial charge in [0.2, 0.25) is 5.91 Å². The lowest BCUT2D eigenvalue weighted by Crippen LogP contribution is -2.21. The topological polar surface area (TPSA) is 59.8 Å². The Bertz CT molecular complexity index is 821. The molecule has 0 saturated heterocycles. The number of para-hydroxylation sites is 1. The number of amides is 1. The number of carbonyl (C=O) groups is 1. The fourth-order valence-electron chi connectivity index (χ4n) is 2.15. The van der Waals surface area contributed by atoms with Crippen molar-refractivity contribution in [1.82, 2.24) is 20.1 Å². The van der Waals surface area contributed by atoms with Gasteiger partial charge in [0.25, 0.3) is 0 Å². The first-order valence-corrected chi connectivity index (χ1v) is 8.06. The summed E-state index contributed by atoms with van der Waals surface area (Å²) in [5, 5.41) is 10.0. The van der Waals surface area contributed by atoms with E-state index in [1.54, 1.807) is 28.3 Å². The molecule has 2 heterocycles. The van der Waals surface area contributed by atoms with Gasteiger partial charge in [-0.05, 0) is 30.7 Å². The van der Waals surface area contributed by atoms with Crippen molar-refractivity contribution in [3.05, 3.63) is 70.4 Å². The summed E-state index contributed by atoms with van der Waals surface area (Å²) < 4.78 is 1.79. The summed E-state index contributed by atoms with van der Waals surface area (Å²) in [5.41, 5.74) is 2.76. The number of rotatable bonds is 5. The van der Waals surface area contributed by atoms with Gasteiger partial charge in [0, 0.05) is 30.4 Å². The summed E-state index contributed by atoms with van der Waals surface area (Å²) >= 11 is 1.56. The highest BCUT2D eigenvalue weighted by Crippen LogP contribution is 2.13. The number of aromatic nitrogens is 3. The summed E-state index contributed by atoms with van der Waals surface area (Å²) in [7, 11) is 0. The van der Waals surface area contributed by atoms with Gasteiger partial charge in [0.05, 0.1) is 16.4 Å². The zero-order chi connectivity index (χ0) is 16.1. The van der Waals surface area contributed by atoms with Crippen LogP contribution in [0.2, 0.25) is 0 Å². The lowest BCUT2D eigenvalue weighted by molar-refractivity contribution is -0.116. The van der Waals surface area contributed by atoms with Crippen LogP contribution in [0, 0.1) is 6.92 Å². The van der Waals surface area contributed by atoms with Crippen molar-refractivity contribution >= 4 is 23.3 Å². The number of hydrogen-bond acceptors (Lipinski definition) is 4. The van der Waals surface area contributed by atoms with Crippen LogP contribution in [0.15, 0.2) is 54.2 Å². The molecule has 0 atom stereocenters. The Kier molecular flexibility index (Phi) is 4.63. The van der Waals surface area contributed by atoms with Gasteiger partial charge < -0.3 is 5.32 Å². The number of nitrogens with zero attached hydrogens (tertiary/aromatic N) is 3. The predicted molar refractivity (Wildman–Crippen MR) is 91.3 cm³/mol. The monoisotopic (exact) mass is 324 g/mol. The Balaban J connectivity index is 1.64. The van der Waals surface area contributed by atoms with E-state index in [4.69, 9.17) is 0 Å². The van der Waals surface area contributed by atoms with Crippen molar-refractivity contribution in [1.29, 1.82) is 0 Å². The van der Waals surface area contributed by atoms with Gasteiger partial charge in [0.1, 0.15) is 0 Å². The second-order valence-electron chi connectivity index (χ2n) is 4.92. The molecule has 2 aromatic heterocycles. The molecule has 0 aliphatic rings. The summed E-state index contributed by atoms with van der Waals surface area (Å²) in [4.78, 5) is 16.2. The fraction of sp³-hybridized carbons (Fsp3) is 0.118. The van der Waals surface area contributed by atoms with E-state index in [9.17, 15) is 4.79 Å². The van der Waals surface area contributed by atoms with Crippen LogP contribution in [-0.2, 0) is 11.3 Å². The normalized spacial score (nSPS) is 11.0. The van der Waals surface area contributed by atoms with E-state index in [0.29, 0.717) is 6.54 Å². The van der Waals surface area contributed by atoms with E-state index in [1.807, 2.05) is 48.8 Å². The third kappa shape index (κ3) is 3.92. The molecule has 0 bridgehead atoms. The minimum Gasteiger partial charge on any atom is -0.348 e. The lowest BCUT2D eigenvalue weighted by atomic mass is 10.2. The SMILES string of the molecule is Cc1nc(C=CC(=O)NCc2ccccc2-n2cccn2)cs1. The van der Waals surface area contributed by atoms with Crippen LogP contribution in [0.5, 0.6) is 0 Å². The molecule has 0 fully saturated rings. The highest BCUT2D eigenvalue weighted by atomic mass is 32.1. The number of carbonyl (C=O) groups excluding carboxylic acids is 1. The molecule has 5 nitrogen and oxygen atoms in total. The highest BCUT2D eigenvalue weighted by molar-refractivity contribution is 7.09. The minimum atomic E-state index is -0.147. The van der Waals surface area contributed by atoms with E-state index in [2.05, 4.69) is 15.4 Å². The van der Waals surface area contributed by atoms with Gasteiger partial charge in [-0.15, -0.1) is 11.3 Å². The van der Waals surface area contributed by atoms with Gasteiger partial charge in [-0.2, -0.15) is 5.10 Å². The van der Waals surface area contributed by atoms with E-state index in [-0.39, 0.29) is 5.91 Å². The summed E-state index contributed by atoms with van der Waals surface area (Å²) in [6.07, 6.45) is 6.84. The Labute approximate surface area is 138 Å². The molecular weight excluding hydrogens is 308 g/mol. The molecule has 0 aliphatic carbocycles. The van der Waals surface area contributed by atoms with Crippen LogP contribution in [0.1, 0.15) is 16.3 Å². The maximum Gasteiger partial charge on any atom is 0.244 e. The molecule has 1 N–H and O–H groups in total. The molecule has 0 spiro atoms. The fourth-order valence-corrected chi connectivity index (χ4v) is 2.73. The molecule has 1 aromatic carbocycles. The van der Waals surface area contributed by atoms with Crippen molar-refractivity contribution < 1.29 is 4.79 Å². The zero-order valence-corrected chi connectivity index (χ0v) is 13.5. The second kappa shape index (κ2) is 7.02. The molecule has 3 aromatic rings. The minimum absolute atomic E-state index is 0.147. The highest BCUT2D eigenvalue weighted by Gasteiger charge is 2.05. The van der Waals surface area contributed by atoms with Gasteiger partial charge in [-0.1, -0.05) is 18.2 Å². The number of benzene rings is 1. The summed E-state index contributed by atoms with van der Waals surface area (Å²) in [5.74, 6) is -0.147. The molecule has 116 valence electrons. The maximum absolute atomic E-state index is 11.9. The average molecular weight is 324 g/mol. The Morgan fingerprint density at radius 2 is 2.22 bits per heavy atom. The van der Waals surface area contributed by atoms with Crippen molar-refractivity contribution in [2.75, 3.05) is 0 Å². The van der Waals surface area contributed by atoms with E-state index in [1.165, 1.54) is 6.08 Å². The number of nitrogens with one attached hydrogen (secondary N) is 1. The standard InChI is InChI=1S/C17H16N4OS/c1-13-20-15(12-23-13)7-8-17(22)18-11-14-5-2-3-6-16(14)21-10-4-9-19-21/h2-10,12H,11H2,1H3,(H,18,22). The van der Waals surface area contributed by atoms with Gasteiger partial charge in [-0.3, -0.25) is 4.79 Å². The van der Waals surface area contributed by atoms with Crippen molar-refractivity contribution in [2.45, 2.75) is 13.5 Å².